The highest BCUT2D eigenvalue weighted by Gasteiger charge is 2.05. The second-order valence-electron chi connectivity index (χ2n) is 4.51. The minimum absolute atomic E-state index is 0.269. The molecule has 19 heavy (non-hydrogen) atoms. The number of methoxy groups -OCH3 is 1. The van der Waals surface area contributed by atoms with Crippen molar-refractivity contribution in [2.75, 3.05) is 7.11 Å². The SMILES string of the molecule is COc1cccc([C@H](C)NCc2ccc(Cl)cc2)c1. The summed E-state index contributed by atoms with van der Waals surface area (Å²) in [6, 6.07) is 16.3. The van der Waals surface area contributed by atoms with Crippen molar-refractivity contribution in [3.05, 3.63) is 64.7 Å². The fraction of sp³-hybridized carbons (Fsp3) is 0.250. The van der Waals surface area contributed by atoms with Gasteiger partial charge in [0.25, 0.3) is 0 Å². The lowest BCUT2D eigenvalue weighted by molar-refractivity contribution is 0.413. The van der Waals surface area contributed by atoms with Gasteiger partial charge in [0, 0.05) is 17.6 Å². The number of ether oxygens (including phenoxy) is 1. The Labute approximate surface area is 119 Å². The summed E-state index contributed by atoms with van der Waals surface area (Å²) in [6.07, 6.45) is 0. The molecule has 3 heteroatoms. The lowest BCUT2D eigenvalue weighted by Crippen LogP contribution is -2.18. The van der Waals surface area contributed by atoms with Crippen molar-refractivity contribution < 1.29 is 4.74 Å². The third-order valence-electron chi connectivity index (χ3n) is 3.12. The largest absolute Gasteiger partial charge is 0.497 e. The molecule has 0 aliphatic carbocycles. The smallest absolute Gasteiger partial charge is 0.119 e. The van der Waals surface area contributed by atoms with E-state index < -0.39 is 0 Å². The second kappa shape index (κ2) is 6.60. The molecule has 2 aromatic rings. The van der Waals surface area contributed by atoms with Crippen molar-refractivity contribution in [3.8, 4) is 5.75 Å². The maximum Gasteiger partial charge on any atom is 0.119 e. The molecule has 0 heterocycles. The van der Waals surface area contributed by atoms with Crippen LogP contribution in [0.25, 0.3) is 0 Å². The number of nitrogens with one attached hydrogen (secondary N) is 1. The van der Waals surface area contributed by atoms with Gasteiger partial charge in [-0.05, 0) is 42.3 Å². The van der Waals surface area contributed by atoms with Crippen molar-refractivity contribution >= 4 is 11.6 Å². The lowest BCUT2D eigenvalue weighted by Gasteiger charge is -2.15. The van der Waals surface area contributed by atoms with Crippen molar-refractivity contribution in [1.82, 2.24) is 5.32 Å². The Balaban J connectivity index is 1.96. The molecule has 2 rings (SSSR count). The van der Waals surface area contributed by atoms with Crippen LogP contribution in [0.3, 0.4) is 0 Å². The summed E-state index contributed by atoms with van der Waals surface area (Å²) in [6.45, 7) is 2.96. The molecule has 2 aromatic carbocycles. The number of rotatable bonds is 5. The van der Waals surface area contributed by atoms with Crippen LogP contribution in [0.1, 0.15) is 24.1 Å². The van der Waals surface area contributed by atoms with Gasteiger partial charge >= 0.3 is 0 Å². The monoisotopic (exact) mass is 275 g/mol. The molecule has 0 unspecified atom stereocenters. The van der Waals surface area contributed by atoms with Crippen LogP contribution in [0.4, 0.5) is 0 Å². The average molecular weight is 276 g/mol. The van der Waals surface area contributed by atoms with E-state index in [1.54, 1.807) is 7.11 Å². The first-order chi connectivity index (χ1) is 9.19. The van der Waals surface area contributed by atoms with Gasteiger partial charge in [-0.15, -0.1) is 0 Å². The Morgan fingerprint density at radius 1 is 1.16 bits per heavy atom. The fourth-order valence-electron chi connectivity index (χ4n) is 1.90. The maximum atomic E-state index is 5.87. The van der Waals surface area contributed by atoms with Crippen LogP contribution in [-0.4, -0.2) is 7.11 Å². The molecular formula is C16H18ClNO. The van der Waals surface area contributed by atoms with Gasteiger partial charge in [-0.25, -0.2) is 0 Å². The molecule has 0 aromatic heterocycles. The Morgan fingerprint density at radius 2 is 1.89 bits per heavy atom. The highest BCUT2D eigenvalue weighted by molar-refractivity contribution is 6.30. The normalized spacial score (nSPS) is 12.2. The van der Waals surface area contributed by atoms with E-state index in [0.717, 1.165) is 17.3 Å². The van der Waals surface area contributed by atoms with Crippen LogP contribution in [0.5, 0.6) is 5.75 Å². The van der Waals surface area contributed by atoms with Gasteiger partial charge in [-0.2, -0.15) is 0 Å². The zero-order valence-electron chi connectivity index (χ0n) is 11.2. The van der Waals surface area contributed by atoms with Crippen molar-refractivity contribution in [2.45, 2.75) is 19.5 Å². The van der Waals surface area contributed by atoms with Crippen LogP contribution in [0.15, 0.2) is 48.5 Å². The molecule has 1 N–H and O–H groups in total. The standard InChI is InChI=1S/C16H18ClNO/c1-12(14-4-3-5-16(10-14)19-2)18-11-13-6-8-15(17)9-7-13/h3-10,12,18H,11H2,1-2H3/t12-/m0/s1. The zero-order valence-corrected chi connectivity index (χ0v) is 11.9. The zero-order chi connectivity index (χ0) is 13.7. The molecule has 0 aliphatic rings. The van der Waals surface area contributed by atoms with Crippen molar-refractivity contribution in [1.29, 1.82) is 0 Å². The van der Waals surface area contributed by atoms with Gasteiger partial charge < -0.3 is 10.1 Å². The molecule has 0 saturated carbocycles. The van der Waals surface area contributed by atoms with Gasteiger partial charge in [0.05, 0.1) is 7.11 Å². The van der Waals surface area contributed by atoms with E-state index in [1.165, 1.54) is 11.1 Å². The third-order valence-corrected chi connectivity index (χ3v) is 3.37. The van der Waals surface area contributed by atoms with Gasteiger partial charge in [0.2, 0.25) is 0 Å². The van der Waals surface area contributed by atoms with E-state index in [-0.39, 0.29) is 6.04 Å². The van der Waals surface area contributed by atoms with Gasteiger partial charge in [-0.1, -0.05) is 35.9 Å². The third kappa shape index (κ3) is 3.98. The van der Waals surface area contributed by atoms with Crippen LogP contribution in [0.2, 0.25) is 5.02 Å². The molecule has 0 aliphatic heterocycles. The van der Waals surface area contributed by atoms with Crippen LogP contribution in [0, 0.1) is 0 Å². The van der Waals surface area contributed by atoms with E-state index in [9.17, 15) is 0 Å². The molecule has 0 saturated heterocycles. The first-order valence-corrected chi connectivity index (χ1v) is 6.68. The summed E-state index contributed by atoms with van der Waals surface area (Å²) in [5.74, 6) is 0.887. The van der Waals surface area contributed by atoms with E-state index in [1.807, 2.05) is 36.4 Å². The summed E-state index contributed by atoms with van der Waals surface area (Å²) in [5, 5.41) is 4.26. The topological polar surface area (TPSA) is 21.3 Å². The molecule has 0 fully saturated rings. The number of hydrogen-bond donors (Lipinski definition) is 1. The molecule has 0 bridgehead atoms. The minimum atomic E-state index is 0.269. The number of benzene rings is 2. The highest BCUT2D eigenvalue weighted by atomic mass is 35.5. The summed E-state index contributed by atoms with van der Waals surface area (Å²) >= 11 is 5.87. The average Bonchev–Trinajstić information content (AvgIpc) is 2.46. The Bertz CT molecular complexity index is 525. The first kappa shape index (κ1) is 13.9. The quantitative estimate of drug-likeness (QED) is 0.883. The maximum absolute atomic E-state index is 5.87. The molecule has 0 radical (unpaired) electrons. The van der Waals surface area contributed by atoms with Gasteiger partial charge in [0.15, 0.2) is 0 Å². The molecule has 100 valence electrons. The number of halogens is 1. The van der Waals surface area contributed by atoms with E-state index >= 15 is 0 Å². The van der Waals surface area contributed by atoms with E-state index in [0.29, 0.717) is 0 Å². The van der Waals surface area contributed by atoms with Gasteiger partial charge in [0.1, 0.15) is 5.75 Å². The Kier molecular flexibility index (Phi) is 4.83. The molecule has 0 amide bonds. The fourth-order valence-corrected chi connectivity index (χ4v) is 2.03. The summed E-state index contributed by atoms with van der Waals surface area (Å²) in [5.41, 5.74) is 2.44. The Morgan fingerprint density at radius 3 is 2.58 bits per heavy atom. The molecule has 2 nitrogen and oxygen atoms in total. The van der Waals surface area contributed by atoms with Crippen molar-refractivity contribution in [3.63, 3.8) is 0 Å². The predicted molar refractivity (Wildman–Crippen MR) is 79.7 cm³/mol. The number of hydrogen-bond acceptors (Lipinski definition) is 2. The van der Waals surface area contributed by atoms with E-state index in [2.05, 4.69) is 24.4 Å². The first-order valence-electron chi connectivity index (χ1n) is 6.31. The molecular weight excluding hydrogens is 258 g/mol. The van der Waals surface area contributed by atoms with Crippen LogP contribution >= 0.6 is 11.6 Å². The van der Waals surface area contributed by atoms with Crippen LogP contribution in [-0.2, 0) is 6.54 Å². The second-order valence-corrected chi connectivity index (χ2v) is 4.94. The molecule has 1 atom stereocenters. The van der Waals surface area contributed by atoms with Crippen molar-refractivity contribution in [2.24, 2.45) is 0 Å². The summed E-state index contributed by atoms with van der Waals surface area (Å²) in [7, 11) is 1.69. The van der Waals surface area contributed by atoms with Crippen LogP contribution < -0.4 is 10.1 Å². The highest BCUT2D eigenvalue weighted by Crippen LogP contribution is 2.19. The van der Waals surface area contributed by atoms with E-state index in [4.69, 9.17) is 16.3 Å². The minimum Gasteiger partial charge on any atom is -0.497 e. The summed E-state index contributed by atoms with van der Waals surface area (Å²) in [4.78, 5) is 0. The predicted octanol–water partition coefficient (Wildman–Crippen LogP) is 4.20. The Hall–Kier alpha value is -1.51. The molecule has 0 spiro atoms. The van der Waals surface area contributed by atoms with Gasteiger partial charge in [-0.3, -0.25) is 0 Å². The lowest BCUT2D eigenvalue weighted by atomic mass is 10.1. The summed E-state index contributed by atoms with van der Waals surface area (Å²) < 4.78 is 5.24.